The van der Waals surface area contributed by atoms with Crippen molar-refractivity contribution in [3.63, 3.8) is 0 Å². The number of hydrazone groups is 1. The van der Waals surface area contributed by atoms with Gasteiger partial charge in [0.2, 0.25) is 0 Å². The Morgan fingerprint density at radius 1 is 1.07 bits per heavy atom. The Hall–Kier alpha value is -3.53. The van der Waals surface area contributed by atoms with Crippen LogP contribution in [-0.4, -0.2) is 37.3 Å². The first kappa shape index (κ1) is 34.0. The van der Waals surface area contributed by atoms with Crippen LogP contribution >= 0.6 is 45.8 Å². The van der Waals surface area contributed by atoms with Crippen LogP contribution < -0.4 is 25.0 Å². The Labute approximate surface area is 274 Å². The smallest absolute Gasteiger partial charge is 0.262 e. The Kier molecular flexibility index (Phi) is 12.9. The largest absolute Gasteiger partial charge is 0.493 e. The molecule has 2 N–H and O–H groups in total. The third kappa shape index (κ3) is 10.0. The molecule has 0 aliphatic heterocycles. The molecular formula is C31H31Cl2IN4O5. The first-order chi connectivity index (χ1) is 20.5. The molecular weight excluding hydrogens is 706 g/mol. The summed E-state index contributed by atoms with van der Waals surface area (Å²) in [6.07, 6.45) is 0.932. The summed E-state index contributed by atoms with van der Waals surface area (Å²) in [7, 11) is 1.52. The third-order valence-electron chi connectivity index (χ3n) is 6.06. The lowest BCUT2D eigenvalue weighted by molar-refractivity contribution is -0.132. The van der Waals surface area contributed by atoms with Gasteiger partial charge in [-0.2, -0.15) is 10.4 Å². The number of benzene rings is 3. The molecule has 2 amide bonds. The third-order valence-corrected chi connectivity index (χ3v) is 7.39. The molecule has 0 fully saturated rings. The number of rotatable bonds is 13. The summed E-state index contributed by atoms with van der Waals surface area (Å²) in [6, 6.07) is 16.8. The van der Waals surface area contributed by atoms with Crippen molar-refractivity contribution in [2.24, 2.45) is 11.0 Å². The molecule has 0 saturated heterocycles. The number of ether oxygens (including phenoxy) is 3. The molecule has 226 valence electrons. The van der Waals surface area contributed by atoms with E-state index in [9.17, 15) is 14.9 Å². The molecule has 0 saturated carbocycles. The van der Waals surface area contributed by atoms with Gasteiger partial charge in [-0.05, 0) is 83.8 Å². The molecule has 0 heterocycles. The van der Waals surface area contributed by atoms with Gasteiger partial charge in [0.1, 0.15) is 18.4 Å². The van der Waals surface area contributed by atoms with Crippen molar-refractivity contribution in [3.05, 3.63) is 84.9 Å². The van der Waals surface area contributed by atoms with Crippen LogP contribution in [0, 0.1) is 20.8 Å². The lowest BCUT2D eigenvalue weighted by Crippen LogP contribution is -2.49. The molecule has 43 heavy (non-hydrogen) atoms. The van der Waals surface area contributed by atoms with Crippen LogP contribution in [0.5, 0.6) is 17.2 Å². The van der Waals surface area contributed by atoms with Crippen molar-refractivity contribution in [1.29, 1.82) is 5.26 Å². The Balaban J connectivity index is 1.65. The minimum atomic E-state index is -0.923. The lowest BCUT2D eigenvalue weighted by atomic mass is 10.0. The molecule has 0 unspecified atom stereocenters. The summed E-state index contributed by atoms with van der Waals surface area (Å²) >= 11 is 14.2. The van der Waals surface area contributed by atoms with Crippen molar-refractivity contribution >= 4 is 63.8 Å². The van der Waals surface area contributed by atoms with E-state index in [-0.39, 0.29) is 17.5 Å². The van der Waals surface area contributed by atoms with E-state index in [1.165, 1.54) is 19.4 Å². The fourth-order valence-corrected chi connectivity index (χ4v) is 5.15. The normalized spacial score (nSPS) is 12.3. The van der Waals surface area contributed by atoms with E-state index in [2.05, 4.69) is 44.5 Å². The van der Waals surface area contributed by atoms with E-state index in [0.717, 1.165) is 9.13 Å². The average molecular weight is 737 g/mol. The minimum absolute atomic E-state index is 0.112. The molecule has 12 heteroatoms. The Bertz CT molecular complexity index is 1530. The first-order valence-corrected chi connectivity index (χ1v) is 15.1. The van der Waals surface area contributed by atoms with Crippen molar-refractivity contribution in [1.82, 2.24) is 10.7 Å². The molecule has 0 aromatic heterocycles. The van der Waals surface area contributed by atoms with E-state index >= 15 is 0 Å². The van der Waals surface area contributed by atoms with E-state index in [0.29, 0.717) is 39.8 Å². The molecule has 0 aliphatic carbocycles. The molecule has 9 nitrogen and oxygen atoms in total. The summed E-state index contributed by atoms with van der Waals surface area (Å²) in [5.74, 6) is 0.440. The minimum Gasteiger partial charge on any atom is -0.493 e. The lowest BCUT2D eigenvalue weighted by Gasteiger charge is -2.22. The number of hydrogen-bond donors (Lipinski definition) is 2. The number of amides is 2. The van der Waals surface area contributed by atoms with Gasteiger partial charge >= 0.3 is 0 Å². The van der Waals surface area contributed by atoms with Gasteiger partial charge in [0.05, 0.1) is 33.5 Å². The zero-order valence-corrected chi connectivity index (χ0v) is 27.7. The highest BCUT2D eigenvalue weighted by Gasteiger charge is 2.25. The average Bonchev–Trinajstić information content (AvgIpc) is 2.97. The van der Waals surface area contributed by atoms with E-state index < -0.39 is 24.0 Å². The van der Waals surface area contributed by atoms with Gasteiger partial charge in [-0.3, -0.25) is 9.59 Å². The van der Waals surface area contributed by atoms with Crippen LogP contribution in [0.25, 0.3) is 0 Å². The topological polar surface area (TPSA) is 122 Å². The molecule has 3 aromatic rings. The highest BCUT2D eigenvalue weighted by molar-refractivity contribution is 14.1. The number of hydrogen-bond acceptors (Lipinski definition) is 7. The predicted octanol–water partition coefficient (Wildman–Crippen LogP) is 6.51. The quantitative estimate of drug-likeness (QED) is 0.117. The zero-order chi connectivity index (χ0) is 31.5. The Morgan fingerprint density at radius 2 is 1.81 bits per heavy atom. The molecule has 3 rings (SSSR count). The second kappa shape index (κ2) is 16.4. The molecule has 0 bridgehead atoms. The molecule has 0 spiro atoms. The number of carbonyl (C=O) groups excluding carboxylic acids is 2. The molecule has 3 aromatic carbocycles. The maximum atomic E-state index is 13.0. The van der Waals surface area contributed by atoms with Crippen molar-refractivity contribution in [3.8, 4) is 23.3 Å². The predicted molar refractivity (Wildman–Crippen MR) is 175 cm³/mol. The van der Waals surface area contributed by atoms with Crippen LogP contribution in [0.3, 0.4) is 0 Å². The summed E-state index contributed by atoms with van der Waals surface area (Å²) in [5.41, 5.74) is 4.46. The van der Waals surface area contributed by atoms with E-state index in [1.807, 2.05) is 32.0 Å². The monoisotopic (exact) mass is 736 g/mol. The van der Waals surface area contributed by atoms with Crippen LogP contribution in [-0.2, 0) is 16.2 Å². The van der Waals surface area contributed by atoms with Gasteiger partial charge in [-0.25, -0.2) is 5.43 Å². The van der Waals surface area contributed by atoms with Gasteiger partial charge in [-0.1, -0.05) is 55.2 Å². The number of nitrogens with zero attached hydrogens (tertiary/aromatic N) is 2. The van der Waals surface area contributed by atoms with Crippen molar-refractivity contribution in [2.75, 3.05) is 7.11 Å². The van der Waals surface area contributed by atoms with Gasteiger partial charge in [0, 0.05) is 10.6 Å². The number of nitriles is 1. The van der Waals surface area contributed by atoms with E-state index in [1.54, 1.807) is 37.3 Å². The number of halogens is 3. The fraction of sp³-hybridized carbons (Fsp3) is 0.290. The maximum absolute atomic E-state index is 13.0. The second-order valence-electron chi connectivity index (χ2n) is 9.85. The standard InChI is InChI=1S/C31H31Cl2IN4O5/c1-18(2)11-26(37-30(39)19(3)43-27-10-9-23(32)14-24(27)33)31(40)38-36-16-20-12-25(34)29(28(13-20)41-4)42-17-22-8-6-5-7-21(22)15-35/h5-10,12-14,16,18-19,26H,11,17H2,1-4H3,(H,37,39)(H,38,40)/b36-16-/t19-,26-/m0/s1. The molecule has 2 atom stereocenters. The van der Waals surface area contributed by atoms with E-state index in [4.69, 9.17) is 37.4 Å². The SMILES string of the molecule is COc1cc(/C=N\NC(=O)[C@H](CC(C)C)NC(=O)[C@H](C)Oc2ccc(Cl)cc2Cl)cc(I)c1OCc1ccccc1C#N. The Morgan fingerprint density at radius 3 is 2.49 bits per heavy atom. The molecule has 0 aliphatic rings. The number of carbonyl (C=O) groups is 2. The van der Waals surface area contributed by atoms with Crippen molar-refractivity contribution < 1.29 is 23.8 Å². The van der Waals surface area contributed by atoms with Crippen LogP contribution in [0.15, 0.2) is 59.7 Å². The van der Waals surface area contributed by atoms with Crippen LogP contribution in [0.4, 0.5) is 0 Å². The second-order valence-corrected chi connectivity index (χ2v) is 11.9. The first-order valence-electron chi connectivity index (χ1n) is 13.3. The molecule has 0 radical (unpaired) electrons. The summed E-state index contributed by atoms with van der Waals surface area (Å²) < 4.78 is 18.0. The highest BCUT2D eigenvalue weighted by atomic mass is 127. The summed E-state index contributed by atoms with van der Waals surface area (Å²) in [6.45, 7) is 5.64. The van der Waals surface area contributed by atoms with Gasteiger partial charge in [0.25, 0.3) is 11.8 Å². The zero-order valence-electron chi connectivity index (χ0n) is 24.0. The maximum Gasteiger partial charge on any atom is 0.262 e. The summed E-state index contributed by atoms with van der Waals surface area (Å²) in [4.78, 5) is 25.9. The number of nitrogens with one attached hydrogen (secondary N) is 2. The van der Waals surface area contributed by atoms with Crippen LogP contribution in [0.1, 0.15) is 43.9 Å². The van der Waals surface area contributed by atoms with Gasteiger partial charge in [0.15, 0.2) is 17.6 Å². The fourth-order valence-electron chi connectivity index (χ4n) is 3.91. The van der Waals surface area contributed by atoms with Crippen molar-refractivity contribution in [2.45, 2.75) is 45.9 Å². The highest BCUT2D eigenvalue weighted by Crippen LogP contribution is 2.34. The van der Waals surface area contributed by atoms with Gasteiger partial charge < -0.3 is 19.5 Å². The van der Waals surface area contributed by atoms with Crippen LogP contribution in [0.2, 0.25) is 10.0 Å². The number of methoxy groups -OCH3 is 1. The van der Waals surface area contributed by atoms with Gasteiger partial charge in [-0.15, -0.1) is 0 Å². The summed E-state index contributed by atoms with van der Waals surface area (Å²) in [5, 5.41) is 16.9.